The molecule has 0 atom stereocenters. The Kier molecular flexibility index (Phi) is 3.08. The van der Waals surface area contributed by atoms with Crippen LogP contribution in [-0.2, 0) is 0 Å². The Bertz CT molecular complexity index is 751. The largest absolute Gasteiger partial charge is 0.359 e. The van der Waals surface area contributed by atoms with Crippen molar-refractivity contribution in [3.05, 3.63) is 35.4 Å². The number of nitrogens with zero attached hydrogens (tertiary/aromatic N) is 3. The molecule has 2 aliphatic heterocycles. The molecule has 5 heteroatoms. The molecule has 2 aromatic rings. The van der Waals surface area contributed by atoms with Crippen LogP contribution in [0.5, 0.6) is 0 Å². The van der Waals surface area contributed by atoms with E-state index in [4.69, 9.17) is 11.6 Å². The minimum Gasteiger partial charge on any atom is -0.359 e. The third kappa shape index (κ3) is 2.28. The lowest BCUT2D eigenvalue weighted by molar-refractivity contribution is -0.507. The minimum absolute atomic E-state index is 0.537. The van der Waals surface area contributed by atoms with Crippen molar-refractivity contribution in [2.75, 3.05) is 20.1 Å². The quantitative estimate of drug-likeness (QED) is 0.684. The predicted molar refractivity (Wildman–Crippen MR) is 85.9 cm³/mol. The number of piperidine rings is 1. The summed E-state index contributed by atoms with van der Waals surface area (Å²) in [6.07, 6.45) is 10.8. The topological polar surface area (TPSA) is 34.9 Å². The van der Waals surface area contributed by atoms with E-state index in [0.717, 1.165) is 10.9 Å². The zero-order chi connectivity index (χ0) is 14.4. The first kappa shape index (κ1) is 13.0. The normalized spacial score (nSPS) is 20.3. The molecule has 1 fully saturated rings. The molecule has 4 nitrogen and oxygen atoms in total. The Morgan fingerprint density at radius 3 is 2.90 bits per heavy atom. The van der Waals surface area contributed by atoms with Gasteiger partial charge in [-0.05, 0) is 13.1 Å². The van der Waals surface area contributed by atoms with Gasteiger partial charge in [0, 0.05) is 43.1 Å². The van der Waals surface area contributed by atoms with Gasteiger partial charge in [0.05, 0.1) is 11.7 Å². The van der Waals surface area contributed by atoms with E-state index in [-0.39, 0.29) is 0 Å². The molecule has 108 valence electrons. The first-order chi connectivity index (χ1) is 10.2. The van der Waals surface area contributed by atoms with E-state index in [1.54, 1.807) is 6.20 Å². The number of rotatable bonds is 2. The molecule has 4 rings (SSSR count). The number of aromatic nitrogens is 2. The van der Waals surface area contributed by atoms with E-state index in [1.807, 2.05) is 12.3 Å². The number of pyridine rings is 1. The number of hydrogen-bond acceptors (Lipinski definition) is 2. The maximum atomic E-state index is 6.01. The summed E-state index contributed by atoms with van der Waals surface area (Å²) in [6.45, 7) is 2.37. The third-order valence-corrected chi connectivity index (χ3v) is 4.74. The van der Waals surface area contributed by atoms with Crippen LogP contribution >= 0.6 is 11.6 Å². The number of hydrogen-bond donors (Lipinski definition) is 1. The Hall–Kier alpha value is -1.65. The van der Waals surface area contributed by atoms with Crippen molar-refractivity contribution in [1.29, 1.82) is 0 Å². The summed E-state index contributed by atoms with van der Waals surface area (Å²) in [5.41, 5.74) is 3.50. The van der Waals surface area contributed by atoms with E-state index in [1.165, 1.54) is 37.1 Å². The van der Waals surface area contributed by atoms with Crippen LogP contribution in [0.1, 0.15) is 18.4 Å². The maximum Gasteiger partial charge on any atom is 0.183 e. The maximum absolute atomic E-state index is 6.01. The van der Waals surface area contributed by atoms with Crippen LogP contribution in [0.25, 0.3) is 16.5 Å². The molecule has 0 unspecified atom stereocenters. The number of aromatic amines is 1. The zero-order valence-corrected chi connectivity index (χ0v) is 12.8. The minimum atomic E-state index is 0.537. The second-order valence-electron chi connectivity index (χ2n) is 5.95. The van der Waals surface area contributed by atoms with Crippen molar-refractivity contribution in [3.8, 4) is 0 Å². The molecule has 1 N–H and O–H groups in total. The molecular weight excluding hydrogens is 284 g/mol. The van der Waals surface area contributed by atoms with Crippen LogP contribution in [0.4, 0.5) is 0 Å². The fraction of sp³-hybridized carbons (Fsp3) is 0.375. The number of likely N-dealkylation sites (tertiary alicyclic amines) is 1. The third-order valence-electron chi connectivity index (χ3n) is 4.53. The van der Waals surface area contributed by atoms with Gasteiger partial charge >= 0.3 is 0 Å². The lowest BCUT2D eigenvalue weighted by atomic mass is 10.00. The van der Waals surface area contributed by atoms with Gasteiger partial charge in [-0.1, -0.05) is 11.6 Å². The van der Waals surface area contributed by atoms with E-state index in [9.17, 15) is 0 Å². The van der Waals surface area contributed by atoms with E-state index >= 15 is 0 Å². The van der Waals surface area contributed by atoms with Crippen molar-refractivity contribution in [2.24, 2.45) is 0 Å². The molecule has 21 heavy (non-hydrogen) atoms. The molecule has 0 saturated carbocycles. The zero-order valence-electron chi connectivity index (χ0n) is 12.0. The van der Waals surface area contributed by atoms with Gasteiger partial charge in [-0.15, -0.1) is 0 Å². The monoisotopic (exact) mass is 301 g/mol. The van der Waals surface area contributed by atoms with Crippen molar-refractivity contribution in [2.45, 2.75) is 18.9 Å². The van der Waals surface area contributed by atoms with E-state index in [0.29, 0.717) is 11.2 Å². The van der Waals surface area contributed by atoms with Gasteiger partial charge in [0.15, 0.2) is 18.5 Å². The van der Waals surface area contributed by atoms with Gasteiger partial charge in [0.25, 0.3) is 0 Å². The second-order valence-corrected chi connectivity index (χ2v) is 6.34. The van der Waals surface area contributed by atoms with Crippen molar-refractivity contribution in [1.82, 2.24) is 14.9 Å². The lowest BCUT2D eigenvalue weighted by Gasteiger charge is -2.27. The highest BCUT2D eigenvalue weighted by molar-refractivity contribution is 6.30. The van der Waals surface area contributed by atoms with Gasteiger partial charge in [-0.25, -0.2) is 9.56 Å². The van der Waals surface area contributed by atoms with Crippen molar-refractivity contribution < 1.29 is 4.58 Å². The Morgan fingerprint density at radius 1 is 1.38 bits per heavy atom. The summed E-state index contributed by atoms with van der Waals surface area (Å²) in [5, 5.41) is 1.68. The fourth-order valence-electron chi connectivity index (χ4n) is 3.19. The first-order valence-corrected chi connectivity index (χ1v) is 7.74. The smallest absolute Gasteiger partial charge is 0.183 e. The summed E-state index contributed by atoms with van der Waals surface area (Å²) in [6, 6.07) is 2.58. The highest BCUT2D eigenvalue weighted by Crippen LogP contribution is 2.29. The van der Waals surface area contributed by atoms with Gasteiger partial charge in [0.2, 0.25) is 0 Å². The fourth-order valence-corrected chi connectivity index (χ4v) is 3.34. The summed E-state index contributed by atoms with van der Waals surface area (Å²) in [7, 11) is 2.20. The lowest BCUT2D eigenvalue weighted by Crippen LogP contribution is -2.39. The number of fused-ring (bicyclic) bond motifs is 1. The highest BCUT2D eigenvalue weighted by atomic mass is 35.5. The molecule has 0 spiro atoms. The Labute approximate surface area is 128 Å². The van der Waals surface area contributed by atoms with Crippen LogP contribution in [0.3, 0.4) is 0 Å². The van der Waals surface area contributed by atoms with Crippen LogP contribution in [0.2, 0.25) is 5.15 Å². The summed E-state index contributed by atoms with van der Waals surface area (Å²) >= 11 is 6.01. The van der Waals surface area contributed by atoms with Gasteiger partial charge in [-0.3, -0.25) is 0 Å². The second kappa shape index (κ2) is 4.97. The number of nitrogens with one attached hydrogen (secondary N) is 1. The summed E-state index contributed by atoms with van der Waals surface area (Å²) in [5.74, 6) is 0. The van der Waals surface area contributed by atoms with Crippen LogP contribution < -0.4 is 0 Å². The predicted octanol–water partition coefficient (Wildman–Crippen LogP) is 2.75. The van der Waals surface area contributed by atoms with E-state index in [2.05, 4.69) is 38.9 Å². The van der Waals surface area contributed by atoms with Crippen molar-refractivity contribution in [3.63, 3.8) is 0 Å². The Balaban J connectivity index is 1.56. The van der Waals surface area contributed by atoms with Crippen LogP contribution in [0.15, 0.2) is 24.7 Å². The number of H-pyrrole nitrogens is 1. The molecule has 0 radical (unpaired) electrons. The number of halogens is 1. The Morgan fingerprint density at radius 2 is 2.14 bits per heavy atom. The molecule has 0 bridgehead atoms. The average molecular weight is 302 g/mol. The molecule has 4 heterocycles. The van der Waals surface area contributed by atoms with Gasteiger partial charge in [0.1, 0.15) is 10.7 Å². The SMILES string of the molecule is CN1CCC([N+]2=CC(c3c[nH]c4cnc(Cl)cc34)=C2)CC1. The summed E-state index contributed by atoms with van der Waals surface area (Å²) < 4.78 is 2.37. The highest BCUT2D eigenvalue weighted by Gasteiger charge is 2.30. The first-order valence-electron chi connectivity index (χ1n) is 7.36. The average Bonchev–Trinajstić information content (AvgIpc) is 2.82. The molecule has 2 aromatic heterocycles. The molecular formula is C16H18ClN4+. The number of allylic oxidation sites excluding steroid dienone is 1. The molecule has 0 aromatic carbocycles. The van der Waals surface area contributed by atoms with Crippen LogP contribution in [0, 0.1) is 0 Å². The standard InChI is InChI=1S/C16H18ClN4/c1-20-4-2-12(3-5-20)21-9-11(10-21)14-7-18-15-8-19-16(17)6-13(14)15/h6-10,12,18H,2-5H2,1H3/q+1. The van der Waals surface area contributed by atoms with Gasteiger partial charge < -0.3 is 9.88 Å². The molecule has 0 aliphatic carbocycles. The summed E-state index contributed by atoms with van der Waals surface area (Å²) in [4.78, 5) is 9.76. The molecule has 2 aliphatic rings. The molecule has 1 saturated heterocycles. The van der Waals surface area contributed by atoms with Gasteiger partial charge in [-0.2, -0.15) is 0 Å². The molecule has 0 amide bonds. The van der Waals surface area contributed by atoms with E-state index < -0.39 is 0 Å². The van der Waals surface area contributed by atoms with Crippen molar-refractivity contribution >= 4 is 34.3 Å². The van der Waals surface area contributed by atoms with Crippen LogP contribution in [-0.4, -0.2) is 51.8 Å².